The molecule has 3 heteroatoms. The smallest absolute Gasteiger partial charge is 0.0738 e. The van der Waals surface area contributed by atoms with Gasteiger partial charge in [-0.3, -0.25) is 4.98 Å². The van der Waals surface area contributed by atoms with Crippen molar-refractivity contribution in [3.63, 3.8) is 0 Å². The van der Waals surface area contributed by atoms with Gasteiger partial charge in [0.1, 0.15) is 0 Å². The van der Waals surface area contributed by atoms with Gasteiger partial charge in [-0.15, -0.1) is 0 Å². The fraction of sp³-hybridized carbons (Fsp3) is 0.615. The number of hydrogen-bond acceptors (Lipinski definition) is 3. The lowest BCUT2D eigenvalue weighted by molar-refractivity contribution is 0.626. The molecular formula is C13H23N3. The van der Waals surface area contributed by atoms with Crippen molar-refractivity contribution in [3.05, 3.63) is 18.5 Å². The predicted octanol–water partition coefficient (Wildman–Crippen LogP) is 3.07. The Bertz CT molecular complexity index is 310. The minimum absolute atomic E-state index is 0.474. The predicted molar refractivity (Wildman–Crippen MR) is 70.7 cm³/mol. The summed E-state index contributed by atoms with van der Waals surface area (Å²) in [6, 6.07) is 2.47. The van der Waals surface area contributed by atoms with Crippen LogP contribution in [0.1, 0.15) is 40.0 Å². The lowest BCUT2D eigenvalue weighted by atomic mass is 10.2. The topological polar surface area (TPSA) is 42.2 Å². The second-order valence-electron chi connectivity index (χ2n) is 4.43. The maximum atomic E-state index is 5.96. The average Bonchev–Trinajstić information content (AvgIpc) is 2.25. The molecule has 0 spiro atoms. The first kappa shape index (κ1) is 12.8. The highest BCUT2D eigenvalue weighted by Gasteiger charge is 2.12. The van der Waals surface area contributed by atoms with E-state index in [0.29, 0.717) is 6.04 Å². The van der Waals surface area contributed by atoms with Crippen molar-refractivity contribution < 1.29 is 0 Å². The van der Waals surface area contributed by atoms with E-state index >= 15 is 0 Å². The van der Waals surface area contributed by atoms with Crippen LogP contribution < -0.4 is 10.6 Å². The molecule has 0 aliphatic heterocycles. The number of unbranched alkanes of at least 4 members (excludes halogenated alkanes) is 2. The number of nitrogens with two attached hydrogens (primary N) is 1. The van der Waals surface area contributed by atoms with E-state index in [1.165, 1.54) is 19.3 Å². The van der Waals surface area contributed by atoms with Crippen LogP contribution in [-0.2, 0) is 0 Å². The minimum Gasteiger partial charge on any atom is -0.396 e. The second kappa shape index (κ2) is 6.36. The van der Waals surface area contributed by atoms with Crippen LogP contribution in [-0.4, -0.2) is 17.6 Å². The van der Waals surface area contributed by atoms with Crippen molar-refractivity contribution in [3.8, 4) is 0 Å². The zero-order chi connectivity index (χ0) is 12.0. The summed E-state index contributed by atoms with van der Waals surface area (Å²) in [5.41, 5.74) is 7.84. The Morgan fingerprint density at radius 1 is 1.38 bits per heavy atom. The number of aromatic nitrogens is 1. The highest BCUT2D eigenvalue weighted by atomic mass is 15.2. The van der Waals surface area contributed by atoms with Gasteiger partial charge in [0.25, 0.3) is 0 Å². The molecule has 3 nitrogen and oxygen atoms in total. The summed E-state index contributed by atoms with van der Waals surface area (Å²) in [5.74, 6) is 0. The molecule has 0 unspecified atom stereocenters. The minimum atomic E-state index is 0.474. The Hall–Kier alpha value is -1.25. The molecule has 0 saturated heterocycles. The number of anilines is 2. The van der Waals surface area contributed by atoms with E-state index in [1.807, 2.05) is 6.07 Å². The van der Waals surface area contributed by atoms with Gasteiger partial charge in [0.05, 0.1) is 17.6 Å². The third-order valence-corrected chi connectivity index (χ3v) is 2.76. The molecule has 0 bridgehead atoms. The number of pyridine rings is 1. The molecule has 1 heterocycles. The fourth-order valence-corrected chi connectivity index (χ4v) is 1.85. The SMILES string of the molecule is CCCCCN(c1ccncc1N)C(C)C. The molecule has 90 valence electrons. The molecule has 0 atom stereocenters. The van der Waals surface area contributed by atoms with Crippen LogP contribution in [0.25, 0.3) is 0 Å². The molecule has 0 radical (unpaired) electrons. The maximum absolute atomic E-state index is 5.96. The molecule has 1 aromatic rings. The summed E-state index contributed by atoms with van der Waals surface area (Å²) in [6.45, 7) is 7.69. The van der Waals surface area contributed by atoms with Gasteiger partial charge < -0.3 is 10.6 Å². The molecule has 0 aromatic carbocycles. The average molecular weight is 221 g/mol. The van der Waals surface area contributed by atoms with Gasteiger partial charge in [-0.25, -0.2) is 0 Å². The van der Waals surface area contributed by atoms with Crippen LogP contribution in [0.15, 0.2) is 18.5 Å². The van der Waals surface area contributed by atoms with Gasteiger partial charge in [-0.05, 0) is 26.3 Å². The lowest BCUT2D eigenvalue weighted by Crippen LogP contribution is -2.32. The van der Waals surface area contributed by atoms with Crippen LogP contribution in [0.3, 0.4) is 0 Å². The molecule has 1 rings (SSSR count). The first-order valence-corrected chi connectivity index (χ1v) is 6.13. The maximum Gasteiger partial charge on any atom is 0.0738 e. The van der Waals surface area contributed by atoms with E-state index in [-0.39, 0.29) is 0 Å². The Morgan fingerprint density at radius 2 is 2.12 bits per heavy atom. The van der Waals surface area contributed by atoms with Crippen LogP contribution >= 0.6 is 0 Å². The number of hydrogen-bond donors (Lipinski definition) is 1. The zero-order valence-corrected chi connectivity index (χ0v) is 10.6. The number of rotatable bonds is 6. The quantitative estimate of drug-likeness (QED) is 0.751. The van der Waals surface area contributed by atoms with E-state index in [2.05, 4.69) is 30.7 Å². The number of nitrogens with zero attached hydrogens (tertiary/aromatic N) is 2. The zero-order valence-electron chi connectivity index (χ0n) is 10.6. The lowest BCUT2D eigenvalue weighted by Gasteiger charge is -2.29. The summed E-state index contributed by atoms with van der Waals surface area (Å²) in [7, 11) is 0. The molecular weight excluding hydrogens is 198 g/mol. The van der Waals surface area contributed by atoms with Gasteiger partial charge in [-0.2, -0.15) is 0 Å². The van der Waals surface area contributed by atoms with Crippen LogP contribution in [0, 0.1) is 0 Å². The van der Waals surface area contributed by atoms with E-state index in [4.69, 9.17) is 5.73 Å². The Kier molecular flexibility index (Phi) is 5.09. The summed E-state index contributed by atoms with van der Waals surface area (Å²) >= 11 is 0. The molecule has 0 fully saturated rings. The summed E-state index contributed by atoms with van der Waals surface area (Å²) in [6.07, 6.45) is 7.27. The second-order valence-corrected chi connectivity index (χ2v) is 4.43. The first-order chi connectivity index (χ1) is 7.66. The van der Waals surface area contributed by atoms with Crippen LogP contribution in [0.4, 0.5) is 11.4 Å². The normalized spacial score (nSPS) is 10.8. The molecule has 2 N–H and O–H groups in total. The highest BCUT2D eigenvalue weighted by Crippen LogP contribution is 2.23. The molecule has 0 aliphatic carbocycles. The van der Waals surface area contributed by atoms with Crippen molar-refractivity contribution in [1.29, 1.82) is 0 Å². The third-order valence-electron chi connectivity index (χ3n) is 2.76. The van der Waals surface area contributed by atoms with E-state index in [9.17, 15) is 0 Å². The van der Waals surface area contributed by atoms with Gasteiger partial charge in [0.15, 0.2) is 0 Å². The van der Waals surface area contributed by atoms with Crippen molar-refractivity contribution in [2.45, 2.75) is 46.1 Å². The fourth-order valence-electron chi connectivity index (χ4n) is 1.85. The number of nitrogen functional groups attached to an aromatic ring is 1. The molecule has 0 amide bonds. The van der Waals surface area contributed by atoms with E-state index < -0.39 is 0 Å². The van der Waals surface area contributed by atoms with Crippen molar-refractivity contribution in [2.75, 3.05) is 17.2 Å². The summed E-state index contributed by atoms with van der Waals surface area (Å²) < 4.78 is 0. The van der Waals surface area contributed by atoms with Gasteiger partial charge in [-0.1, -0.05) is 19.8 Å². The van der Waals surface area contributed by atoms with E-state index in [0.717, 1.165) is 17.9 Å². The Morgan fingerprint density at radius 3 is 2.69 bits per heavy atom. The van der Waals surface area contributed by atoms with Crippen molar-refractivity contribution in [2.24, 2.45) is 0 Å². The molecule has 16 heavy (non-hydrogen) atoms. The van der Waals surface area contributed by atoms with Gasteiger partial charge >= 0.3 is 0 Å². The monoisotopic (exact) mass is 221 g/mol. The summed E-state index contributed by atoms with van der Waals surface area (Å²) in [5, 5.41) is 0. The molecule has 0 aliphatic rings. The van der Waals surface area contributed by atoms with Crippen LogP contribution in [0.2, 0.25) is 0 Å². The highest BCUT2D eigenvalue weighted by molar-refractivity contribution is 5.66. The third kappa shape index (κ3) is 3.40. The van der Waals surface area contributed by atoms with Crippen molar-refractivity contribution in [1.82, 2.24) is 4.98 Å². The van der Waals surface area contributed by atoms with Gasteiger partial charge in [0, 0.05) is 18.8 Å². The summed E-state index contributed by atoms with van der Waals surface area (Å²) in [4.78, 5) is 6.39. The first-order valence-electron chi connectivity index (χ1n) is 6.13. The largest absolute Gasteiger partial charge is 0.396 e. The van der Waals surface area contributed by atoms with E-state index in [1.54, 1.807) is 12.4 Å². The Balaban J connectivity index is 2.74. The van der Waals surface area contributed by atoms with Crippen molar-refractivity contribution >= 4 is 11.4 Å². The molecule has 0 saturated carbocycles. The van der Waals surface area contributed by atoms with Crippen LogP contribution in [0.5, 0.6) is 0 Å². The Labute approximate surface area is 98.7 Å². The van der Waals surface area contributed by atoms with Gasteiger partial charge in [0.2, 0.25) is 0 Å². The molecule has 1 aromatic heterocycles. The standard InChI is InChI=1S/C13H23N3/c1-4-5-6-9-16(11(2)3)13-7-8-15-10-12(13)14/h7-8,10-11H,4-6,9,14H2,1-3H3.